The zero-order valence-corrected chi connectivity index (χ0v) is 16.1. The van der Waals surface area contributed by atoms with Crippen molar-refractivity contribution in [1.82, 2.24) is 9.55 Å². The summed E-state index contributed by atoms with van der Waals surface area (Å²) in [7, 11) is 0. The summed E-state index contributed by atoms with van der Waals surface area (Å²) in [5.41, 5.74) is 1.89. The number of halogens is 2. The monoisotopic (exact) mass is 397 g/mol. The third-order valence-electron chi connectivity index (χ3n) is 4.13. The molecule has 0 fully saturated rings. The average Bonchev–Trinajstić information content (AvgIpc) is 2.94. The average molecular weight is 398 g/mol. The largest absolute Gasteiger partial charge is 0.325 e. The van der Waals surface area contributed by atoms with Gasteiger partial charge < -0.3 is 5.32 Å². The fourth-order valence-electron chi connectivity index (χ4n) is 2.89. The van der Waals surface area contributed by atoms with E-state index in [0.29, 0.717) is 38.6 Å². The van der Waals surface area contributed by atoms with Crippen LogP contribution in [-0.4, -0.2) is 21.2 Å². The minimum Gasteiger partial charge on any atom is -0.325 e. The highest BCUT2D eigenvalue weighted by atomic mass is 35.5. The van der Waals surface area contributed by atoms with Gasteiger partial charge in [-0.15, -0.1) is 0 Å². The Bertz CT molecular complexity index is 898. The van der Waals surface area contributed by atoms with Crippen LogP contribution in [0.5, 0.6) is 0 Å². The van der Waals surface area contributed by atoms with E-state index in [1.807, 2.05) is 13.8 Å². The number of amides is 1. The smallest absolute Gasteiger partial charge is 0.257 e. The summed E-state index contributed by atoms with van der Waals surface area (Å²) in [4.78, 5) is 29.6. The van der Waals surface area contributed by atoms with Gasteiger partial charge in [-0.1, -0.05) is 41.9 Å². The number of carbonyl (C=O) groups excluding carboxylic acids is 1. The molecule has 1 atom stereocenters. The number of aryl methyl sites for hydroxylation is 1. The minimum atomic E-state index is -0.219. The molecule has 2 heterocycles. The molecule has 0 radical (unpaired) electrons. The number of nitrogens with one attached hydrogen (secondary N) is 1. The van der Waals surface area contributed by atoms with E-state index >= 15 is 0 Å². The molecule has 1 unspecified atom stereocenters. The molecule has 132 valence electrons. The lowest BCUT2D eigenvalue weighted by Crippen LogP contribution is -2.30. The maximum absolute atomic E-state index is 12.7. The van der Waals surface area contributed by atoms with E-state index in [0.717, 1.165) is 5.69 Å². The van der Waals surface area contributed by atoms with Crippen LogP contribution < -0.4 is 10.9 Å². The van der Waals surface area contributed by atoms with Crippen LogP contribution in [0.25, 0.3) is 0 Å². The zero-order chi connectivity index (χ0) is 18.1. The van der Waals surface area contributed by atoms with Gasteiger partial charge in [-0.3, -0.25) is 14.2 Å². The summed E-state index contributed by atoms with van der Waals surface area (Å²) < 4.78 is 1.65. The summed E-state index contributed by atoms with van der Waals surface area (Å²) in [6.45, 7) is 3.78. The maximum Gasteiger partial charge on any atom is 0.257 e. The number of benzene rings is 1. The third kappa shape index (κ3) is 3.71. The van der Waals surface area contributed by atoms with Crippen molar-refractivity contribution in [2.75, 3.05) is 11.1 Å². The Morgan fingerprint density at radius 1 is 1.44 bits per heavy atom. The Kier molecular flexibility index (Phi) is 5.41. The van der Waals surface area contributed by atoms with Crippen LogP contribution in [-0.2, 0) is 11.2 Å². The summed E-state index contributed by atoms with van der Waals surface area (Å²) in [5, 5.41) is 4.36. The van der Waals surface area contributed by atoms with E-state index < -0.39 is 0 Å². The SMILES string of the molecule is CCc1c(C)nc2n(c1=O)C(CC(=O)Nc1cc(Cl)ccc1Cl)CS2. The van der Waals surface area contributed by atoms with Crippen molar-refractivity contribution in [1.29, 1.82) is 0 Å². The standard InChI is InChI=1S/C17H17Cl2N3O2S/c1-3-12-9(2)20-17-22(16(12)24)11(8-25-17)7-15(23)21-14-6-10(18)4-5-13(14)19/h4-6,11H,3,7-8H2,1-2H3,(H,21,23). The molecule has 0 aliphatic carbocycles. The Morgan fingerprint density at radius 2 is 2.20 bits per heavy atom. The highest BCUT2D eigenvalue weighted by Gasteiger charge is 2.29. The number of fused-ring (bicyclic) bond motifs is 1. The van der Waals surface area contributed by atoms with Gasteiger partial charge in [0.2, 0.25) is 5.91 Å². The predicted octanol–water partition coefficient (Wildman–Crippen LogP) is 4.10. The van der Waals surface area contributed by atoms with Gasteiger partial charge in [-0.25, -0.2) is 4.98 Å². The Hall–Kier alpha value is -1.50. The summed E-state index contributed by atoms with van der Waals surface area (Å²) in [6.07, 6.45) is 0.802. The second-order valence-electron chi connectivity index (χ2n) is 5.83. The van der Waals surface area contributed by atoms with Crippen molar-refractivity contribution < 1.29 is 4.79 Å². The lowest BCUT2D eigenvalue weighted by Gasteiger charge is -2.15. The molecule has 1 N–H and O–H groups in total. The molecule has 8 heteroatoms. The molecule has 1 aromatic heterocycles. The van der Waals surface area contributed by atoms with E-state index in [1.54, 1.807) is 22.8 Å². The van der Waals surface area contributed by atoms with Gasteiger partial charge in [-0.05, 0) is 31.5 Å². The second kappa shape index (κ2) is 7.40. The molecule has 0 saturated heterocycles. The van der Waals surface area contributed by atoms with Crippen molar-refractivity contribution in [3.05, 3.63) is 49.9 Å². The Morgan fingerprint density at radius 3 is 2.92 bits per heavy atom. The summed E-state index contributed by atoms with van der Waals surface area (Å²) in [5.74, 6) is 0.430. The molecule has 0 bridgehead atoms. The van der Waals surface area contributed by atoms with Gasteiger partial charge in [0.1, 0.15) is 0 Å². The fraction of sp³-hybridized carbons (Fsp3) is 0.353. The molecular weight excluding hydrogens is 381 g/mol. The number of nitrogens with zero attached hydrogens (tertiary/aromatic N) is 2. The van der Waals surface area contributed by atoms with Crippen molar-refractivity contribution in [3.8, 4) is 0 Å². The van der Waals surface area contributed by atoms with E-state index in [9.17, 15) is 9.59 Å². The molecule has 1 amide bonds. The first kappa shape index (κ1) is 18.3. The van der Waals surface area contributed by atoms with Gasteiger partial charge in [-0.2, -0.15) is 0 Å². The van der Waals surface area contributed by atoms with Crippen molar-refractivity contribution in [2.45, 2.75) is 37.9 Å². The lowest BCUT2D eigenvalue weighted by molar-refractivity contribution is -0.116. The zero-order valence-electron chi connectivity index (χ0n) is 13.8. The van der Waals surface area contributed by atoms with Crippen LogP contribution in [0, 0.1) is 6.92 Å². The van der Waals surface area contributed by atoms with E-state index in [2.05, 4.69) is 10.3 Å². The molecule has 0 saturated carbocycles. The molecule has 25 heavy (non-hydrogen) atoms. The maximum atomic E-state index is 12.7. The number of aromatic nitrogens is 2. The van der Waals surface area contributed by atoms with Gasteiger partial charge in [0.05, 0.1) is 16.8 Å². The Balaban J connectivity index is 1.81. The first-order chi connectivity index (χ1) is 11.9. The quantitative estimate of drug-likeness (QED) is 0.788. The van der Waals surface area contributed by atoms with Crippen molar-refractivity contribution in [3.63, 3.8) is 0 Å². The first-order valence-corrected chi connectivity index (χ1v) is 9.64. The lowest BCUT2D eigenvalue weighted by atomic mass is 10.1. The highest BCUT2D eigenvalue weighted by molar-refractivity contribution is 7.99. The van der Waals surface area contributed by atoms with Gasteiger partial charge >= 0.3 is 0 Å². The number of rotatable bonds is 4. The van der Waals surface area contributed by atoms with Gasteiger partial charge in [0.15, 0.2) is 5.16 Å². The van der Waals surface area contributed by atoms with Gasteiger partial charge in [0.25, 0.3) is 5.56 Å². The second-order valence-corrected chi connectivity index (χ2v) is 7.66. The van der Waals surface area contributed by atoms with Crippen molar-refractivity contribution in [2.24, 2.45) is 0 Å². The fourth-order valence-corrected chi connectivity index (χ4v) is 4.40. The number of carbonyl (C=O) groups is 1. The molecule has 1 aliphatic rings. The first-order valence-electron chi connectivity index (χ1n) is 7.90. The minimum absolute atomic E-state index is 0.0476. The molecule has 1 aliphatic heterocycles. The van der Waals surface area contributed by atoms with Crippen LogP contribution in [0.2, 0.25) is 10.0 Å². The van der Waals surface area contributed by atoms with E-state index in [-0.39, 0.29) is 23.9 Å². The van der Waals surface area contributed by atoms with Crippen LogP contribution in [0.1, 0.15) is 30.6 Å². The summed E-state index contributed by atoms with van der Waals surface area (Å²) >= 11 is 13.5. The topological polar surface area (TPSA) is 64.0 Å². The molecule has 0 spiro atoms. The van der Waals surface area contributed by atoms with E-state index in [4.69, 9.17) is 23.2 Å². The molecule has 2 aromatic rings. The predicted molar refractivity (Wildman–Crippen MR) is 102 cm³/mol. The van der Waals surface area contributed by atoms with Crippen molar-refractivity contribution >= 4 is 46.6 Å². The number of anilines is 1. The third-order valence-corrected chi connectivity index (χ3v) is 5.79. The van der Waals surface area contributed by atoms with Crippen LogP contribution in [0.15, 0.2) is 28.2 Å². The van der Waals surface area contributed by atoms with E-state index in [1.165, 1.54) is 11.8 Å². The molecule has 5 nitrogen and oxygen atoms in total. The Labute approximate surface area is 159 Å². The van der Waals surface area contributed by atoms with Crippen LogP contribution >= 0.6 is 35.0 Å². The highest BCUT2D eigenvalue weighted by Crippen LogP contribution is 2.33. The van der Waals surface area contributed by atoms with Crippen LogP contribution in [0.3, 0.4) is 0 Å². The normalized spacial score (nSPS) is 15.9. The number of hydrogen-bond donors (Lipinski definition) is 1. The molecule has 1 aromatic carbocycles. The molecular formula is C17H17Cl2N3O2S. The number of hydrogen-bond acceptors (Lipinski definition) is 4. The molecule has 3 rings (SSSR count). The van der Waals surface area contributed by atoms with Gasteiger partial charge in [0, 0.05) is 28.5 Å². The summed E-state index contributed by atoms with van der Waals surface area (Å²) in [6, 6.07) is 4.67. The van der Waals surface area contributed by atoms with Crippen LogP contribution in [0.4, 0.5) is 5.69 Å². The number of thioether (sulfide) groups is 1.